The van der Waals surface area contributed by atoms with Crippen molar-refractivity contribution in [2.75, 3.05) is 5.32 Å². The molecule has 148 valence electrons. The van der Waals surface area contributed by atoms with Crippen LogP contribution in [0.2, 0.25) is 5.02 Å². The summed E-state index contributed by atoms with van der Waals surface area (Å²) in [5.41, 5.74) is 2.48. The Bertz CT molecular complexity index is 1030. The molecule has 6 heteroatoms. The van der Waals surface area contributed by atoms with E-state index in [0.29, 0.717) is 11.3 Å². The Balaban J connectivity index is 1.92. The molecule has 0 heterocycles. The predicted molar refractivity (Wildman–Crippen MR) is 111 cm³/mol. The molecule has 1 amide bonds. The third-order valence-electron chi connectivity index (χ3n) is 4.38. The van der Waals surface area contributed by atoms with Crippen molar-refractivity contribution in [3.63, 3.8) is 0 Å². The van der Waals surface area contributed by atoms with Crippen LogP contribution in [0.15, 0.2) is 66.7 Å². The number of ether oxygens (including phenoxy) is 1. The summed E-state index contributed by atoms with van der Waals surface area (Å²) >= 11 is 5.96. The normalized spacial score (nSPS) is 11.6. The molecule has 1 atom stereocenters. The van der Waals surface area contributed by atoms with E-state index >= 15 is 0 Å². The van der Waals surface area contributed by atoms with Crippen molar-refractivity contribution >= 4 is 29.2 Å². The lowest BCUT2D eigenvalue weighted by Gasteiger charge is -2.19. The average molecular weight is 412 g/mol. The first-order valence-corrected chi connectivity index (χ1v) is 9.32. The lowest BCUT2D eigenvalue weighted by atomic mass is 10.1. The minimum Gasteiger partial charge on any atom is -0.444 e. The van der Waals surface area contributed by atoms with E-state index in [-0.39, 0.29) is 5.02 Å². The number of anilines is 1. The number of hydrogen-bond donors (Lipinski definition) is 1. The maximum atomic E-state index is 14.1. The van der Waals surface area contributed by atoms with Gasteiger partial charge in [-0.25, -0.2) is 9.18 Å². The fourth-order valence-corrected chi connectivity index (χ4v) is 3.07. The van der Waals surface area contributed by atoms with Gasteiger partial charge < -0.3 is 10.1 Å². The number of rotatable bonds is 5. The maximum absolute atomic E-state index is 14.1. The molecule has 0 fully saturated rings. The first-order valence-electron chi connectivity index (χ1n) is 8.95. The highest BCUT2D eigenvalue weighted by Gasteiger charge is 2.28. The molecule has 0 aromatic heterocycles. The number of halogens is 2. The van der Waals surface area contributed by atoms with Crippen LogP contribution < -0.4 is 5.32 Å². The van der Waals surface area contributed by atoms with Crippen molar-refractivity contribution in [2.45, 2.75) is 20.0 Å². The van der Waals surface area contributed by atoms with Gasteiger partial charge in [0.25, 0.3) is 5.91 Å². The molecule has 0 spiro atoms. The molecule has 1 N–H and O–H groups in total. The average Bonchev–Trinajstić information content (AvgIpc) is 2.69. The van der Waals surface area contributed by atoms with Crippen LogP contribution in [0.1, 0.15) is 33.2 Å². The minimum absolute atomic E-state index is 0.0863. The molecule has 3 aromatic rings. The highest BCUT2D eigenvalue weighted by molar-refractivity contribution is 6.33. The predicted octanol–water partition coefficient (Wildman–Crippen LogP) is 5.63. The van der Waals surface area contributed by atoms with Gasteiger partial charge in [-0.2, -0.15) is 0 Å². The molecule has 0 bridgehead atoms. The summed E-state index contributed by atoms with van der Waals surface area (Å²) in [4.78, 5) is 25.6. The molecule has 0 aliphatic rings. The molecule has 0 aliphatic heterocycles. The number of esters is 1. The largest absolute Gasteiger partial charge is 0.444 e. The molecule has 3 aromatic carbocycles. The highest BCUT2D eigenvalue weighted by Crippen LogP contribution is 2.26. The molecule has 4 nitrogen and oxygen atoms in total. The number of aryl methyl sites for hydroxylation is 2. The molecule has 0 saturated heterocycles. The number of carbonyl (C=O) groups excluding carboxylic acids is 2. The van der Waals surface area contributed by atoms with Gasteiger partial charge in [0.15, 0.2) is 0 Å². The summed E-state index contributed by atoms with van der Waals surface area (Å²) in [6.07, 6.45) is -1.28. The summed E-state index contributed by atoms with van der Waals surface area (Å²) in [7, 11) is 0. The van der Waals surface area contributed by atoms with E-state index in [1.807, 2.05) is 32.0 Å². The van der Waals surface area contributed by atoms with E-state index in [4.69, 9.17) is 16.3 Å². The van der Waals surface area contributed by atoms with Crippen LogP contribution in [0.4, 0.5) is 10.1 Å². The third kappa shape index (κ3) is 4.81. The van der Waals surface area contributed by atoms with Gasteiger partial charge in [0.1, 0.15) is 11.4 Å². The van der Waals surface area contributed by atoms with Crippen LogP contribution in [0.3, 0.4) is 0 Å². The zero-order valence-corrected chi connectivity index (χ0v) is 16.7. The van der Waals surface area contributed by atoms with Crippen molar-refractivity contribution in [1.29, 1.82) is 0 Å². The van der Waals surface area contributed by atoms with Gasteiger partial charge in [0.05, 0.1) is 5.02 Å². The summed E-state index contributed by atoms with van der Waals surface area (Å²) in [5, 5.41) is 2.71. The lowest BCUT2D eigenvalue weighted by molar-refractivity contribution is -0.125. The number of hydrogen-bond acceptors (Lipinski definition) is 3. The van der Waals surface area contributed by atoms with Crippen molar-refractivity contribution in [2.24, 2.45) is 0 Å². The minimum atomic E-state index is -1.28. The smallest absolute Gasteiger partial charge is 0.343 e. The van der Waals surface area contributed by atoms with Crippen molar-refractivity contribution < 1.29 is 18.7 Å². The molecule has 0 aliphatic carbocycles. The van der Waals surface area contributed by atoms with Gasteiger partial charge in [-0.3, -0.25) is 4.79 Å². The van der Waals surface area contributed by atoms with Crippen LogP contribution in [0, 0.1) is 19.7 Å². The Kier molecular flexibility index (Phi) is 6.29. The molecule has 0 radical (unpaired) electrons. The van der Waals surface area contributed by atoms with Crippen molar-refractivity contribution in [3.8, 4) is 0 Å². The van der Waals surface area contributed by atoms with Crippen molar-refractivity contribution in [1.82, 2.24) is 0 Å². The van der Waals surface area contributed by atoms with E-state index < -0.39 is 29.4 Å². The van der Waals surface area contributed by atoms with Gasteiger partial charge in [0, 0.05) is 11.3 Å². The summed E-state index contributed by atoms with van der Waals surface area (Å²) in [5.74, 6) is -2.38. The molecule has 3 rings (SSSR count). The van der Waals surface area contributed by atoms with Gasteiger partial charge in [-0.15, -0.1) is 0 Å². The Morgan fingerprint density at radius 2 is 1.72 bits per heavy atom. The van der Waals surface area contributed by atoms with Gasteiger partial charge in [-0.1, -0.05) is 60.1 Å². The van der Waals surface area contributed by atoms with Gasteiger partial charge in [0.2, 0.25) is 6.10 Å². The van der Waals surface area contributed by atoms with E-state index in [1.54, 1.807) is 30.3 Å². The highest BCUT2D eigenvalue weighted by atomic mass is 35.5. The summed E-state index contributed by atoms with van der Waals surface area (Å²) in [6, 6.07) is 18.0. The quantitative estimate of drug-likeness (QED) is 0.553. The molecule has 29 heavy (non-hydrogen) atoms. The van der Waals surface area contributed by atoms with Crippen LogP contribution in [0.25, 0.3) is 0 Å². The first-order chi connectivity index (χ1) is 13.9. The van der Waals surface area contributed by atoms with Crippen LogP contribution in [0.5, 0.6) is 0 Å². The number of amides is 1. The first kappa shape index (κ1) is 20.6. The van der Waals surface area contributed by atoms with E-state index in [1.165, 1.54) is 12.1 Å². The fraction of sp³-hybridized carbons (Fsp3) is 0.130. The Hall–Kier alpha value is -3.18. The number of benzene rings is 3. The molecular formula is C23H19ClFNO3. The van der Waals surface area contributed by atoms with Gasteiger partial charge >= 0.3 is 5.97 Å². The Labute approximate surface area is 173 Å². The van der Waals surface area contributed by atoms with Crippen LogP contribution in [-0.2, 0) is 9.53 Å². The topological polar surface area (TPSA) is 55.4 Å². The Morgan fingerprint density at radius 3 is 2.41 bits per heavy atom. The van der Waals surface area contributed by atoms with Crippen molar-refractivity contribution in [3.05, 3.63) is 99.8 Å². The SMILES string of the molecule is Cc1ccc(C)c(NC(=O)[C@H](OC(=O)c2c(F)cccc2Cl)c2ccccc2)c1. The van der Waals surface area contributed by atoms with E-state index in [2.05, 4.69) is 5.32 Å². The monoisotopic (exact) mass is 411 g/mol. The number of nitrogens with one attached hydrogen (secondary N) is 1. The zero-order chi connectivity index (χ0) is 21.0. The fourth-order valence-electron chi connectivity index (χ4n) is 2.83. The maximum Gasteiger partial charge on any atom is 0.343 e. The number of carbonyl (C=O) groups is 2. The lowest BCUT2D eigenvalue weighted by Crippen LogP contribution is -2.26. The van der Waals surface area contributed by atoms with Crippen LogP contribution >= 0.6 is 11.6 Å². The second-order valence-corrected chi connectivity index (χ2v) is 7.01. The van der Waals surface area contributed by atoms with E-state index in [9.17, 15) is 14.0 Å². The zero-order valence-electron chi connectivity index (χ0n) is 15.9. The van der Waals surface area contributed by atoms with E-state index in [0.717, 1.165) is 17.2 Å². The summed E-state index contributed by atoms with van der Waals surface area (Å²) in [6.45, 7) is 3.77. The Morgan fingerprint density at radius 1 is 1.00 bits per heavy atom. The summed E-state index contributed by atoms with van der Waals surface area (Å²) < 4.78 is 19.5. The van der Waals surface area contributed by atoms with Gasteiger partial charge in [-0.05, 0) is 43.2 Å². The standard InChI is InChI=1S/C23H19ClFNO3/c1-14-11-12-15(2)19(13-14)26-22(27)21(16-7-4-3-5-8-16)29-23(28)20-17(24)9-6-10-18(20)25/h3-13,21H,1-2H3,(H,26,27)/t21-/m1/s1. The molecular weight excluding hydrogens is 393 g/mol. The second-order valence-electron chi connectivity index (χ2n) is 6.60. The van der Waals surface area contributed by atoms with Crippen LogP contribution in [-0.4, -0.2) is 11.9 Å². The second kappa shape index (κ2) is 8.88. The molecule has 0 unspecified atom stereocenters. The third-order valence-corrected chi connectivity index (χ3v) is 4.70. The molecule has 0 saturated carbocycles.